The summed E-state index contributed by atoms with van der Waals surface area (Å²) in [6.07, 6.45) is 1.64. The van der Waals surface area contributed by atoms with Gasteiger partial charge in [-0.1, -0.05) is 48.2 Å². The summed E-state index contributed by atoms with van der Waals surface area (Å²) in [5, 5.41) is 0. The van der Waals surface area contributed by atoms with Crippen LogP contribution in [0.1, 0.15) is 5.56 Å². The van der Waals surface area contributed by atoms with Crippen LogP contribution in [-0.4, -0.2) is 23.9 Å². The van der Waals surface area contributed by atoms with Crippen LogP contribution in [0.4, 0.5) is 14.5 Å². The van der Waals surface area contributed by atoms with Gasteiger partial charge in [0.25, 0.3) is 5.91 Å². The van der Waals surface area contributed by atoms with Crippen LogP contribution in [0, 0.1) is 0 Å². The number of benzene rings is 2. The monoisotopic (exact) mass is 393 g/mol. The highest BCUT2D eigenvalue weighted by Crippen LogP contribution is 2.37. The number of ether oxygens (including phenoxy) is 2. The highest BCUT2D eigenvalue weighted by molar-refractivity contribution is 8.27. The Labute approximate surface area is 158 Å². The van der Waals surface area contributed by atoms with Crippen molar-refractivity contribution >= 4 is 46.0 Å². The molecule has 26 heavy (non-hydrogen) atoms. The number of amides is 1. The van der Waals surface area contributed by atoms with Gasteiger partial charge in [-0.3, -0.25) is 9.69 Å². The van der Waals surface area contributed by atoms with E-state index in [-0.39, 0.29) is 17.4 Å². The molecule has 1 aliphatic rings. The molecule has 1 amide bonds. The second-order valence-corrected chi connectivity index (χ2v) is 6.82. The maximum absolute atomic E-state index is 12.7. The third-order valence-corrected chi connectivity index (χ3v) is 4.81. The summed E-state index contributed by atoms with van der Waals surface area (Å²) < 4.78 is 34.7. The molecule has 2 aromatic carbocycles. The van der Waals surface area contributed by atoms with Crippen LogP contribution < -0.4 is 14.4 Å². The first kappa shape index (κ1) is 18.3. The number of alkyl halides is 2. The lowest BCUT2D eigenvalue weighted by atomic mass is 10.2. The number of hydrogen-bond acceptors (Lipinski definition) is 5. The number of methoxy groups -OCH3 is 1. The number of rotatable bonds is 5. The van der Waals surface area contributed by atoms with Gasteiger partial charge in [0.15, 0.2) is 15.8 Å². The van der Waals surface area contributed by atoms with Gasteiger partial charge >= 0.3 is 6.61 Å². The van der Waals surface area contributed by atoms with Gasteiger partial charge in [-0.15, -0.1) is 0 Å². The van der Waals surface area contributed by atoms with Gasteiger partial charge in [-0.2, -0.15) is 8.78 Å². The molecule has 1 fully saturated rings. The minimum absolute atomic E-state index is 0.0727. The quantitative estimate of drug-likeness (QED) is 0.544. The SMILES string of the molecule is COc1cc(/C=C2\SC(=S)N(c3ccccc3)C2=O)ccc1OC(F)F. The zero-order valence-corrected chi connectivity index (χ0v) is 15.2. The predicted octanol–water partition coefficient (Wildman–Crippen LogP) is 4.70. The average molecular weight is 393 g/mol. The van der Waals surface area contributed by atoms with Crippen molar-refractivity contribution in [2.24, 2.45) is 0 Å². The van der Waals surface area contributed by atoms with Crippen LogP contribution in [0.25, 0.3) is 6.08 Å². The fraction of sp³-hybridized carbons (Fsp3) is 0.111. The molecular formula is C18H13F2NO3S2. The van der Waals surface area contributed by atoms with Crippen LogP contribution in [0.2, 0.25) is 0 Å². The molecule has 134 valence electrons. The van der Waals surface area contributed by atoms with Crippen molar-refractivity contribution in [3.63, 3.8) is 0 Å². The van der Waals surface area contributed by atoms with E-state index < -0.39 is 6.61 Å². The smallest absolute Gasteiger partial charge is 0.387 e. The standard InChI is InChI=1S/C18H13F2NO3S2/c1-23-14-9-11(7-8-13(14)24-17(19)20)10-15-16(22)21(18(25)26-15)12-5-3-2-4-6-12/h2-10,17H,1H3/b15-10-. The Kier molecular flexibility index (Phi) is 5.53. The maximum Gasteiger partial charge on any atom is 0.387 e. The molecule has 0 atom stereocenters. The summed E-state index contributed by atoms with van der Waals surface area (Å²) in [7, 11) is 1.35. The largest absolute Gasteiger partial charge is 0.493 e. The van der Waals surface area contributed by atoms with Gasteiger partial charge in [0.1, 0.15) is 0 Å². The molecule has 0 bridgehead atoms. The number of anilines is 1. The number of thioether (sulfide) groups is 1. The van der Waals surface area contributed by atoms with Gasteiger partial charge in [-0.05, 0) is 35.9 Å². The molecule has 0 N–H and O–H groups in total. The van der Waals surface area contributed by atoms with E-state index in [0.29, 0.717) is 20.5 Å². The summed E-state index contributed by atoms with van der Waals surface area (Å²) >= 11 is 6.49. The van der Waals surface area contributed by atoms with E-state index in [1.54, 1.807) is 24.3 Å². The van der Waals surface area contributed by atoms with E-state index >= 15 is 0 Å². The van der Waals surface area contributed by atoms with Crippen LogP contribution in [0.5, 0.6) is 11.5 Å². The lowest BCUT2D eigenvalue weighted by Crippen LogP contribution is -2.27. The van der Waals surface area contributed by atoms with Gasteiger partial charge < -0.3 is 9.47 Å². The molecule has 1 heterocycles. The second-order valence-electron chi connectivity index (χ2n) is 5.14. The van der Waals surface area contributed by atoms with E-state index in [0.717, 1.165) is 0 Å². The third kappa shape index (κ3) is 3.86. The fourth-order valence-corrected chi connectivity index (χ4v) is 3.69. The molecular weight excluding hydrogens is 380 g/mol. The van der Waals surface area contributed by atoms with Crippen molar-refractivity contribution in [3.05, 3.63) is 59.0 Å². The van der Waals surface area contributed by atoms with Crippen molar-refractivity contribution in [1.29, 1.82) is 0 Å². The molecule has 3 rings (SSSR count). The number of carbonyl (C=O) groups excluding carboxylic acids is 1. The van der Waals surface area contributed by atoms with Gasteiger partial charge in [0.2, 0.25) is 0 Å². The first-order valence-electron chi connectivity index (χ1n) is 7.45. The minimum Gasteiger partial charge on any atom is -0.493 e. The second kappa shape index (κ2) is 7.84. The van der Waals surface area contributed by atoms with Crippen LogP contribution in [0.3, 0.4) is 0 Å². The number of para-hydroxylation sites is 1. The van der Waals surface area contributed by atoms with Crippen molar-refractivity contribution in [2.45, 2.75) is 6.61 Å². The molecule has 0 unspecified atom stereocenters. The summed E-state index contributed by atoms with van der Waals surface area (Å²) in [6, 6.07) is 13.6. The normalized spacial score (nSPS) is 15.8. The minimum atomic E-state index is -2.95. The molecule has 0 radical (unpaired) electrons. The Morgan fingerprint density at radius 1 is 1.15 bits per heavy atom. The number of halogens is 2. The highest BCUT2D eigenvalue weighted by atomic mass is 32.2. The number of thiocarbonyl (C=S) groups is 1. The number of carbonyl (C=O) groups is 1. The molecule has 0 saturated carbocycles. The van der Waals surface area contributed by atoms with E-state index in [1.165, 1.54) is 35.9 Å². The first-order valence-corrected chi connectivity index (χ1v) is 8.68. The lowest BCUT2D eigenvalue weighted by Gasteiger charge is -2.13. The molecule has 2 aromatic rings. The summed E-state index contributed by atoms with van der Waals surface area (Å²) in [5.41, 5.74) is 1.30. The Hall–Kier alpha value is -2.45. The van der Waals surface area contributed by atoms with Crippen molar-refractivity contribution in [1.82, 2.24) is 0 Å². The van der Waals surface area contributed by atoms with Crippen molar-refractivity contribution < 1.29 is 23.0 Å². The van der Waals surface area contributed by atoms with Gasteiger partial charge in [0.05, 0.1) is 17.7 Å². The molecule has 0 aliphatic carbocycles. The number of nitrogens with zero attached hydrogens (tertiary/aromatic N) is 1. The number of hydrogen-bond donors (Lipinski definition) is 0. The third-order valence-electron chi connectivity index (χ3n) is 3.51. The molecule has 0 spiro atoms. The van der Waals surface area contributed by atoms with Crippen molar-refractivity contribution in [2.75, 3.05) is 12.0 Å². The Morgan fingerprint density at radius 3 is 2.54 bits per heavy atom. The van der Waals surface area contributed by atoms with Crippen LogP contribution in [0.15, 0.2) is 53.4 Å². The van der Waals surface area contributed by atoms with Gasteiger partial charge in [0, 0.05) is 0 Å². The Morgan fingerprint density at radius 2 is 1.88 bits per heavy atom. The Balaban J connectivity index is 1.89. The summed E-state index contributed by atoms with van der Waals surface area (Å²) in [4.78, 5) is 14.6. The van der Waals surface area contributed by atoms with Gasteiger partial charge in [-0.25, -0.2) is 0 Å². The van der Waals surface area contributed by atoms with E-state index in [1.807, 2.05) is 18.2 Å². The lowest BCUT2D eigenvalue weighted by molar-refractivity contribution is -0.113. The van der Waals surface area contributed by atoms with E-state index in [2.05, 4.69) is 4.74 Å². The zero-order valence-electron chi connectivity index (χ0n) is 13.5. The zero-order chi connectivity index (χ0) is 18.7. The average Bonchev–Trinajstić information content (AvgIpc) is 2.90. The first-order chi connectivity index (χ1) is 12.5. The fourth-order valence-electron chi connectivity index (χ4n) is 2.39. The maximum atomic E-state index is 12.7. The van der Waals surface area contributed by atoms with E-state index in [9.17, 15) is 13.6 Å². The summed E-state index contributed by atoms with van der Waals surface area (Å²) in [5.74, 6) is -0.160. The predicted molar refractivity (Wildman–Crippen MR) is 102 cm³/mol. The highest BCUT2D eigenvalue weighted by Gasteiger charge is 2.33. The molecule has 0 aromatic heterocycles. The summed E-state index contributed by atoms with van der Waals surface area (Å²) in [6.45, 7) is -2.95. The van der Waals surface area contributed by atoms with Crippen LogP contribution in [-0.2, 0) is 4.79 Å². The van der Waals surface area contributed by atoms with E-state index in [4.69, 9.17) is 17.0 Å². The topological polar surface area (TPSA) is 38.8 Å². The molecule has 8 heteroatoms. The van der Waals surface area contributed by atoms with Crippen LogP contribution >= 0.6 is 24.0 Å². The molecule has 4 nitrogen and oxygen atoms in total. The molecule has 1 saturated heterocycles. The molecule has 1 aliphatic heterocycles. The Bertz CT molecular complexity index is 872. The van der Waals surface area contributed by atoms with Crippen molar-refractivity contribution in [3.8, 4) is 11.5 Å².